The second kappa shape index (κ2) is 4.57. The van der Waals surface area contributed by atoms with Crippen molar-refractivity contribution in [2.24, 2.45) is 4.99 Å². The molecule has 0 amide bonds. The second-order valence-electron chi connectivity index (χ2n) is 2.69. The first kappa shape index (κ1) is 9.77. The van der Waals surface area contributed by atoms with Crippen molar-refractivity contribution in [3.63, 3.8) is 0 Å². The van der Waals surface area contributed by atoms with Crippen LogP contribution in [0.1, 0.15) is 0 Å². The molecule has 0 saturated carbocycles. The average Bonchev–Trinajstić information content (AvgIpc) is 1.89. The third-order valence-electron chi connectivity index (χ3n) is 1.44. The summed E-state index contributed by atoms with van der Waals surface area (Å²) in [7, 11) is -0.638. The molecule has 0 radical (unpaired) electrons. The largest absolute Gasteiger partial charge is 0.463 e. The van der Waals surface area contributed by atoms with E-state index in [1.165, 1.54) is 6.08 Å². The number of isocyanates is 1. The molecule has 0 aromatic carbocycles. The fraction of sp³-hybridized carbons (Fsp3) is 0.800. The lowest BCUT2D eigenvalue weighted by atomic mass is 10.8. The van der Waals surface area contributed by atoms with Crippen LogP contribution in [0.25, 0.3) is 0 Å². The smallest absolute Gasteiger partial charge is 0.234 e. The number of hydrogen-bond donors (Lipinski definition) is 0. The van der Waals surface area contributed by atoms with Crippen LogP contribution in [0.5, 0.6) is 0 Å². The summed E-state index contributed by atoms with van der Waals surface area (Å²) in [6.07, 6.45) is 1.52. The first-order valence-corrected chi connectivity index (χ1v) is 7.14. The van der Waals surface area contributed by atoms with Gasteiger partial charge in [0.25, 0.3) is 0 Å². The van der Waals surface area contributed by atoms with E-state index >= 15 is 0 Å². The summed E-state index contributed by atoms with van der Waals surface area (Å²) >= 11 is 0. The number of carbonyl (C=O) groups excluding carboxylic acids is 1. The molecule has 0 spiro atoms. The molecule has 0 aromatic heterocycles. The third-order valence-corrected chi connectivity index (χ3v) is 7.29. The fourth-order valence-corrected chi connectivity index (χ4v) is 1.94. The van der Waals surface area contributed by atoms with Crippen LogP contribution in [0, 0.1) is 0 Å². The Bertz CT molecular complexity index is 143. The molecule has 0 N–H and O–H groups in total. The van der Waals surface area contributed by atoms with E-state index in [0.717, 1.165) is 16.5 Å². The SMILES string of the molecule is C[Si](C)(CCN=C=O)O[SiH3]. The Morgan fingerprint density at radius 2 is 2.30 bits per heavy atom. The van der Waals surface area contributed by atoms with Crippen LogP contribution in [-0.2, 0) is 8.91 Å². The maximum atomic E-state index is 9.67. The fourth-order valence-electron chi connectivity index (χ4n) is 0.473. The highest BCUT2D eigenvalue weighted by Crippen LogP contribution is 2.07. The highest BCUT2D eigenvalue weighted by molar-refractivity contribution is 6.73. The number of nitrogens with zero attached hydrogens (tertiary/aromatic N) is 1. The molecule has 0 fully saturated rings. The van der Waals surface area contributed by atoms with Crippen molar-refractivity contribution >= 4 is 24.9 Å². The van der Waals surface area contributed by atoms with Crippen molar-refractivity contribution in [3.05, 3.63) is 0 Å². The third kappa shape index (κ3) is 4.63. The van der Waals surface area contributed by atoms with E-state index in [2.05, 4.69) is 18.1 Å². The van der Waals surface area contributed by atoms with E-state index in [9.17, 15) is 4.79 Å². The molecule has 0 aliphatic carbocycles. The van der Waals surface area contributed by atoms with Gasteiger partial charge in [-0.25, -0.2) is 9.79 Å². The van der Waals surface area contributed by atoms with Crippen LogP contribution in [0.2, 0.25) is 19.1 Å². The summed E-state index contributed by atoms with van der Waals surface area (Å²) in [6, 6.07) is 0.922. The van der Waals surface area contributed by atoms with Crippen LogP contribution in [0.4, 0.5) is 0 Å². The van der Waals surface area contributed by atoms with Crippen LogP contribution in [0.15, 0.2) is 4.99 Å². The van der Waals surface area contributed by atoms with Gasteiger partial charge in [-0.2, -0.15) is 0 Å². The predicted molar refractivity (Wildman–Crippen MR) is 46.3 cm³/mol. The van der Waals surface area contributed by atoms with Gasteiger partial charge < -0.3 is 4.12 Å². The van der Waals surface area contributed by atoms with Gasteiger partial charge in [0.1, 0.15) is 10.5 Å². The van der Waals surface area contributed by atoms with E-state index in [-0.39, 0.29) is 0 Å². The van der Waals surface area contributed by atoms with E-state index in [1.807, 2.05) is 0 Å². The monoisotopic (exact) mass is 175 g/mol. The molecule has 58 valence electrons. The average molecular weight is 175 g/mol. The van der Waals surface area contributed by atoms with E-state index < -0.39 is 8.32 Å². The lowest BCUT2D eigenvalue weighted by molar-refractivity contribution is 0.562. The quantitative estimate of drug-likeness (QED) is 0.338. The molecule has 0 aliphatic rings. The summed E-state index contributed by atoms with van der Waals surface area (Å²) in [6.45, 7) is 4.83. The first-order chi connectivity index (χ1) is 4.62. The minimum absolute atomic E-state index is 0.574. The van der Waals surface area contributed by atoms with Gasteiger partial charge in [0.2, 0.25) is 6.08 Å². The lowest BCUT2D eigenvalue weighted by Gasteiger charge is -2.18. The molecule has 3 nitrogen and oxygen atoms in total. The zero-order valence-electron chi connectivity index (χ0n) is 6.68. The minimum Gasteiger partial charge on any atom is -0.463 e. The van der Waals surface area contributed by atoms with Gasteiger partial charge in [-0.15, -0.1) is 0 Å². The molecule has 0 aromatic rings. The van der Waals surface area contributed by atoms with Crippen molar-refractivity contribution in [1.29, 1.82) is 0 Å². The van der Waals surface area contributed by atoms with Crippen molar-refractivity contribution in [2.45, 2.75) is 19.1 Å². The van der Waals surface area contributed by atoms with E-state index in [0.29, 0.717) is 6.54 Å². The van der Waals surface area contributed by atoms with Crippen molar-refractivity contribution < 1.29 is 8.91 Å². The normalized spacial score (nSPS) is 11.0. The Hall–Kier alpha value is -0.226. The molecule has 0 rings (SSSR count). The van der Waals surface area contributed by atoms with Crippen LogP contribution in [0.3, 0.4) is 0 Å². The molecule has 5 heteroatoms. The molecule has 10 heavy (non-hydrogen) atoms. The molecule has 0 heterocycles. The summed E-state index contributed by atoms with van der Waals surface area (Å²) < 4.78 is 5.37. The highest BCUT2D eigenvalue weighted by Gasteiger charge is 2.18. The summed E-state index contributed by atoms with van der Waals surface area (Å²) in [5.41, 5.74) is 0. The number of rotatable bonds is 4. The van der Waals surface area contributed by atoms with Gasteiger partial charge in [-0.05, 0) is 19.1 Å². The van der Waals surface area contributed by atoms with Crippen LogP contribution < -0.4 is 0 Å². The standard InChI is InChI=1S/C5H13NO2Si2/c1-10(2,8-9)4-3-6-5-7/h3-4H2,1-2,9H3. The Balaban J connectivity index is 3.56. The Morgan fingerprint density at radius 1 is 1.70 bits per heavy atom. The molecule has 0 bridgehead atoms. The van der Waals surface area contributed by atoms with Gasteiger partial charge in [-0.1, -0.05) is 0 Å². The van der Waals surface area contributed by atoms with Gasteiger partial charge in [-0.3, -0.25) is 0 Å². The summed E-state index contributed by atoms with van der Waals surface area (Å²) in [5.74, 6) is 0. The van der Waals surface area contributed by atoms with Gasteiger partial charge in [0.05, 0.1) is 6.54 Å². The van der Waals surface area contributed by atoms with Gasteiger partial charge in [0, 0.05) is 0 Å². The Labute approximate surface area is 65.2 Å². The number of hydrogen-bond acceptors (Lipinski definition) is 3. The maximum Gasteiger partial charge on any atom is 0.234 e. The second-order valence-corrected chi connectivity index (χ2v) is 8.34. The zero-order chi connectivity index (χ0) is 8.04. The predicted octanol–water partition coefficient (Wildman–Crippen LogP) is -0.176. The van der Waals surface area contributed by atoms with Crippen LogP contribution >= 0.6 is 0 Å². The van der Waals surface area contributed by atoms with Crippen LogP contribution in [-0.4, -0.2) is 31.4 Å². The van der Waals surface area contributed by atoms with Crippen molar-refractivity contribution in [1.82, 2.24) is 0 Å². The molecule has 0 atom stereocenters. The van der Waals surface area contributed by atoms with Crippen molar-refractivity contribution in [2.75, 3.05) is 6.54 Å². The van der Waals surface area contributed by atoms with Crippen molar-refractivity contribution in [3.8, 4) is 0 Å². The van der Waals surface area contributed by atoms with E-state index in [1.54, 1.807) is 0 Å². The Morgan fingerprint density at radius 3 is 2.70 bits per heavy atom. The zero-order valence-corrected chi connectivity index (χ0v) is 9.68. The first-order valence-electron chi connectivity index (χ1n) is 3.21. The molecular weight excluding hydrogens is 162 g/mol. The van der Waals surface area contributed by atoms with Gasteiger partial charge >= 0.3 is 0 Å². The molecule has 0 saturated heterocycles. The summed E-state index contributed by atoms with van der Waals surface area (Å²) in [4.78, 5) is 13.1. The topological polar surface area (TPSA) is 38.7 Å². The lowest BCUT2D eigenvalue weighted by Crippen LogP contribution is -2.29. The number of aliphatic imine (C=N–C) groups is 1. The highest BCUT2D eigenvalue weighted by atomic mass is 28.4. The molecule has 0 aliphatic heterocycles. The van der Waals surface area contributed by atoms with Gasteiger partial charge in [0.15, 0.2) is 8.32 Å². The summed E-state index contributed by atoms with van der Waals surface area (Å²) in [5, 5.41) is 0. The maximum absolute atomic E-state index is 9.67. The molecular formula is C5H13NO2Si2. The Kier molecular flexibility index (Phi) is 4.46. The molecule has 0 unspecified atom stereocenters. The van der Waals surface area contributed by atoms with E-state index in [4.69, 9.17) is 4.12 Å². The minimum atomic E-state index is -1.43.